The maximum atomic E-state index is 14.4. The number of nitrogens with zero attached hydrogens (tertiary/aromatic N) is 2. The number of carbonyl (C=O) groups excluding carboxylic acids is 2. The lowest BCUT2D eigenvalue weighted by molar-refractivity contribution is -0.140. The lowest BCUT2D eigenvalue weighted by Crippen LogP contribution is -2.54. The summed E-state index contributed by atoms with van der Waals surface area (Å²) in [6.45, 7) is 7.00. The number of rotatable bonds is 11. The van der Waals surface area contributed by atoms with Gasteiger partial charge in [-0.05, 0) is 93.1 Å². The Balaban J connectivity index is 1.75. The molecule has 0 saturated heterocycles. The monoisotopic (exact) mass is 657 g/mol. The van der Waals surface area contributed by atoms with E-state index in [-0.39, 0.29) is 23.4 Å². The summed E-state index contributed by atoms with van der Waals surface area (Å²) in [5, 5.41) is 3.96. The van der Waals surface area contributed by atoms with Crippen LogP contribution in [0.4, 0.5) is 5.69 Å². The predicted octanol–water partition coefficient (Wildman–Crippen LogP) is 7.37. The lowest BCUT2D eigenvalue weighted by Gasteiger charge is -2.34. The average Bonchev–Trinajstić information content (AvgIpc) is 2.97. The molecule has 0 heterocycles. The third-order valence-electron chi connectivity index (χ3n) is 8.08. The minimum Gasteiger partial charge on any atom is -0.352 e. The van der Waals surface area contributed by atoms with Crippen molar-refractivity contribution in [2.45, 2.75) is 89.7 Å². The Morgan fingerprint density at radius 1 is 0.886 bits per heavy atom. The molecule has 4 rings (SSSR count). The van der Waals surface area contributed by atoms with Crippen LogP contribution in [0.2, 0.25) is 10.0 Å². The second-order valence-corrected chi connectivity index (χ2v) is 14.4. The molecule has 0 unspecified atom stereocenters. The molecule has 7 nitrogen and oxygen atoms in total. The molecule has 1 aliphatic carbocycles. The van der Waals surface area contributed by atoms with Crippen molar-refractivity contribution in [3.8, 4) is 0 Å². The van der Waals surface area contributed by atoms with E-state index in [1.165, 1.54) is 4.90 Å². The van der Waals surface area contributed by atoms with Gasteiger partial charge in [-0.1, -0.05) is 79.2 Å². The number of anilines is 1. The summed E-state index contributed by atoms with van der Waals surface area (Å²) in [4.78, 5) is 29.6. The van der Waals surface area contributed by atoms with Crippen LogP contribution in [0.3, 0.4) is 0 Å². The summed E-state index contributed by atoms with van der Waals surface area (Å²) in [7, 11) is -4.15. The molecule has 0 spiro atoms. The molecule has 1 aliphatic rings. The quantitative estimate of drug-likeness (QED) is 0.233. The third kappa shape index (κ3) is 8.34. The SMILES string of the molecule is CC[C@@H](C(=O)NC1CCCCC1)N(Cc1ccc(Cl)cc1Cl)C(=O)CN(c1cc(C)cc(C)c1)S(=O)(=O)c1ccc(C)cc1. The van der Waals surface area contributed by atoms with Crippen molar-refractivity contribution in [2.24, 2.45) is 0 Å². The van der Waals surface area contributed by atoms with Crippen LogP contribution < -0.4 is 9.62 Å². The summed E-state index contributed by atoms with van der Waals surface area (Å²) in [6.07, 6.45) is 5.37. The first-order valence-electron chi connectivity index (χ1n) is 15.1. The van der Waals surface area contributed by atoms with Gasteiger partial charge >= 0.3 is 0 Å². The van der Waals surface area contributed by atoms with E-state index in [0.717, 1.165) is 53.1 Å². The van der Waals surface area contributed by atoms with Crippen LogP contribution >= 0.6 is 23.2 Å². The summed E-state index contributed by atoms with van der Waals surface area (Å²) in [5.41, 5.74) is 3.62. The number of hydrogen-bond donors (Lipinski definition) is 1. The molecule has 44 heavy (non-hydrogen) atoms. The van der Waals surface area contributed by atoms with E-state index in [1.54, 1.807) is 54.6 Å². The number of halogens is 2. The van der Waals surface area contributed by atoms with E-state index in [4.69, 9.17) is 23.2 Å². The van der Waals surface area contributed by atoms with Gasteiger partial charge in [0.15, 0.2) is 0 Å². The molecule has 3 aromatic rings. The Labute approximate surface area is 271 Å². The number of carbonyl (C=O) groups is 2. The van der Waals surface area contributed by atoms with Crippen LogP contribution in [0.25, 0.3) is 0 Å². The van der Waals surface area contributed by atoms with Crippen molar-refractivity contribution in [3.63, 3.8) is 0 Å². The van der Waals surface area contributed by atoms with Crippen molar-refractivity contribution in [1.29, 1.82) is 0 Å². The molecule has 0 bridgehead atoms. The average molecular weight is 659 g/mol. The van der Waals surface area contributed by atoms with Crippen LogP contribution in [0, 0.1) is 20.8 Å². The topological polar surface area (TPSA) is 86.8 Å². The van der Waals surface area contributed by atoms with Crippen LogP contribution in [0.5, 0.6) is 0 Å². The molecule has 1 atom stereocenters. The van der Waals surface area contributed by atoms with E-state index < -0.39 is 28.5 Å². The van der Waals surface area contributed by atoms with Gasteiger partial charge in [-0.25, -0.2) is 8.42 Å². The molecule has 2 amide bonds. The number of benzene rings is 3. The van der Waals surface area contributed by atoms with Gasteiger partial charge in [0.05, 0.1) is 10.6 Å². The van der Waals surface area contributed by atoms with E-state index in [2.05, 4.69) is 5.32 Å². The molecule has 10 heteroatoms. The van der Waals surface area contributed by atoms with Crippen LogP contribution in [-0.2, 0) is 26.2 Å². The van der Waals surface area contributed by atoms with Gasteiger partial charge in [0.25, 0.3) is 10.0 Å². The minimum absolute atomic E-state index is 0.0106. The highest BCUT2D eigenvalue weighted by Gasteiger charge is 2.35. The maximum Gasteiger partial charge on any atom is 0.264 e. The summed E-state index contributed by atoms with van der Waals surface area (Å²) in [6, 6.07) is 16.2. The first kappa shape index (κ1) is 33.8. The number of aryl methyl sites for hydroxylation is 3. The van der Waals surface area contributed by atoms with E-state index in [9.17, 15) is 18.0 Å². The largest absolute Gasteiger partial charge is 0.352 e. The number of hydrogen-bond acceptors (Lipinski definition) is 4. The summed E-state index contributed by atoms with van der Waals surface area (Å²) >= 11 is 12.7. The number of sulfonamides is 1. The standard InChI is InChI=1S/C34H41Cl2N3O4S/c1-5-32(34(41)37-28-9-7-6-8-10-28)38(21-26-13-14-27(35)20-31(26)36)33(40)22-39(29-18-24(3)17-25(4)19-29)44(42,43)30-15-11-23(2)12-16-30/h11-20,28,32H,5-10,21-22H2,1-4H3,(H,37,41)/t32-/m0/s1. The lowest BCUT2D eigenvalue weighted by atomic mass is 9.95. The molecule has 0 aliphatic heterocycles. The van der Waals surface area contributed by atoms with E-state index in [0.29, 0.717) is 27.7 Å². The van der Waals surface area contributed by atoms with Crippen molar-refractivity contribution in [2.75, 3.05) is 10.8 Å². The molecule has 236 valence electrons. The van der Waals surface area contributed by atoms with Gasteiger partial charge in [0.2, 0.25) is 11.8 Å². The Morgan fingerprint density at radius 3 is 2.11 bits per heavy atom. The smallest absolute Gasteiger partial charge is 0.264 e. The van der Waals surface area contributed by atoms with Crippen molar-refractivity contribution in [1.82, 2.24) is 10.2 Å². The first-order chi connectivity index (χ1) is 20.9. The molecule has 3 aromatic carbocycles. The zero-order valence-corrected chi connectivity index (χ0v) is 28.1. The fraction of sp³-hybridized carbons (Fsp3) is 0.412. The van der Waals surface area contributed by atoms with Crippen molar-refractivity contribution in [3.05, 3.63) is 93.0 Å². The number of nitrogens with one attached hydrogen (secondary N) is 1. The summed E-state index contributed by atoms with van der Waals surface area (Å²) in [5.74, 6) is -0.770. The normalized spacial score (nSPS) is 14.6. The molecule has 0 radical (unpaired) electrons. The number of amides is 2. The minimum atomic E-state index is -4.15. The third-order valence-corrected chi connectivity index (χ3v) is 10.5. The van der Waals surface area contributed by atoms with Crippen molar-refractivity contribution < 1.29 is 18.0 Å². The molecular weight excluding hydrogens is 617 g/mol. The van der Waals surface area contributed by atoms with Gasteiger partial charge in [0.1, 0.15) is 12.6 Å². The zero-order valence-electron chi connectivity index (χ0n) is 25.8. The van der Waals surface area contributed by atoms with Gasteiger partial charge in [0, 0.05) is 22.6 Å². The van der Waals surface area contributed by atoms with Gasteiger partial charge in [-0.2, -0.15) is 0 Å². The Bertz CT molecular complexity index is 1570. The molecule has 1 fully saturated rings. The Hall–Kier alpha value is -3.07. The zero-order chi connectivity index (χ0) is 32.0. The van der Waals surface area contributed by atoms with E-state index in [1.807, 2.05) is 33.8 Å². The Kier molecular flexibility index (Phi) is 11.4. The first-order valence-corrected chi connectivity index (χ1v) is 17.3. The van der Waals surface area contributed by atoms with E-state index >= 15 is 0 Å². The highest BCUT2D eigenvalue weighted by molar-refractivity contribution is 7.92. The predicted molar refractivity (Wildman–Crippen MR) is 178 cm³/mol. The second kappa shape index (κ2) is 14.8. The highest BCUT2D eigenvalue weighted by Crippen LogP contribution is 2.29. The summed E-state index contributed by atoms with van der Waals surface area (Å²) < 4.78 is 29.4. The van der Waals surface area contributed by atoms with Crippen LogP contribution in [0.1, 0.15) is 67.7 Å². The van der Waals surface area contributed by atoms with Crippen LogP contribution in [-0.4, -0.2) is 43.8 Å². The maximum absolute atomic E-state index is 14.4. The fourth-order valence-corrected chi connectivity index (χ4v) is 7.62. The van der Waals surface area contributed by atoms with Gasteiger partial charge < -0.3 is 10.2 Å². The fourth-order valence-electron chi connectivity index (χ4n) is 5.76. The Morgan fingerprint density at radius 2 is 1.52 bits per heavy atom. The molecule has 1 N–H and O–H groups in total. The highest BCUT2D eigenvalue weighted by atomic mass is 35.5. The van der Waals surface area contributed by atoms with Crippen molar-refractivity contribution >= 4 is 50.7 Å². The van der Waals surface area contributed by atoms with Gasteiger partial charge in [-0.3, -0.25) is 13.9 Å². The van der Waals surface area contributed by atoms with Gasteiger partial charge in [-0.15, -0.1) is 0 Å². The molecule has 1 saturated carbocycles. The molecule has 0 aromatic heterocycles. The van der Waals surface area contributed by atoms with Crippen LogP contribution in [0.15, 0.2) is 65.6 Å². The second-order valence-electron chi connectivity index (χ2n) is 11.7. The molecular formula is C34H41Cl2N3O4S.